The molecule has 0 aliphatic heterocycles. The second-order valence-electron chi connectivity index (χ2n) is 3.09. The van der Waals surface area contributed by atoms with Crippen molar-refractivity contribution in [3.63, 3.8) is 0 Å². The van der Waals surface area contributed by atoms with Crippen molar-refractivity contribution in [2.24, 2.45) is 0 Å². The maximum absolute atomic E-state index is 7.41. The molecule has 0 radical (unpaired) electrons. The van der Waals surface area contributed by atoms with Gasteiger partial charge in [0, 0.05) is 11.6 Å². The lowest BCUT2D eigenvalue weighted by molar-refractivity contribution is 0.591. The van der Waals surface area contributed by atoms with Gasteiger partial charge in [0.1, 0.15) is 0 Å². The molecule has 0 fully saturated rings. The molecule has 0 bridgehead atoms. The van der Waals surface area contributed by atoms with E-state index in [-0.39, 0.29) is 5.41 Å². The van der Waals surface area contributed by atoms with Crippen molar-refractivity contribution >= 4 is 11.5 Å². The van der Waals surface area contributed by atoms with Crippen molar-refractivity contribution in [2.45, 2.75) is 26.2 Å². The quantitative estimate of drug-likeness (QED) is 0.542. The molecule has 1 aromatic heterocycles. The molecule has 0 amide bonds. The van der Waals surface area contributed by atoms with Crippen LogP contribution in [0.3, 0.4) is 0 Å². The smallest absolute Gasteiger partial charge is 0.0855 e. The zero-order valence-corrected chi connectivity index (χ0v) is 6.75. The first-order chi connectivity index (χ1) is 4.52. The molecular weight excluding hydrogens is 130 g/mol. The lowest BCUT2D eigenvalue weighted by Gasteiger charge is -2.14. The first-order valence-corrected chi connectivity index (χ1v) is 3.77. The van der Waals surface area contributed by atoms with E-state index in [9.17, 15) is 0 Å². The predicted molar refractivity (Wildman–Crippen MR) is 40.8 cm³/mol. The average Bonchev–Trinajstić information content (AvgIpc) is 2.11. The lowest BCUT2D eigenvalue weighted by Crippen LogP contribution is -2.08. The monoisotopic (exact) mass is 142 g/mol. The summed E-state index contributed by atoms with van der Waals surface area (Å²) in [6.45, 7) is 6.28. The van der Waals surface area contributed by atoms with Gasteiger partial charge in [-0.05, 0) is 22.5 Å². The maximum atomic E-state index is 7.41. The number of rotatable bonds is 0. The van der Waals surface area contributed by atoms with Crippen LogP contribution in [0.4, 0.5) is 0 Å². The Morgan fingerprint density at radius 1 is 1.67 bits per heavy atom. The van der Waals surface area contributed by atoms with Crippen molar-refractivity contribution < 1.29 is 1.37 Å². The van der Waals surface area contributed by atoms with Gasteiger partial charge in [-0.2, -0.15) is 0 Å². The number of hydrogen-bond donors (Lipinski definition) is 0. The zero-order chi connectivity index (χ0) is 7.78. The van der Waals surface area contributed by atoms with Gasteiger partial charge < -0.3 is 0 Å². The molecule has 2 heteroatoms. The molecule has 0 spiro atoms. The first kappa shape index (κ1) is 5.42. The van der Waals surface area contributed by atoms with Gasteiger partial charge in [-0.1, -0.05) is 20.8 Å². The third-order valence-corrected chi connectivity index (χ3v) is 1.74. The Bertz CT molecular complexity index is 224. The molecule has 50 valence electrons. The zero-order valence-electron chi connectivity index (χ0n) is 6.93. The van der Waals surface area contributed by atoms with Gasteiger partial charge in [0.25, 0.3) is 0 Å². The Morgan fingerprint density at radius 3 is 2.56 bits per heavy atom. The van der Waals surface area contributed by atoms with E-state index >= 15 is 0 Å². The molecule has 1 nitrogen and oxygen atoms in total. The van der Waals surface area contributed by atoms with Crippen LogP contribution in [-0.4, -0.2) is 4.37 Å². The van der Waals surface area contributed by atoms with Crippen LogP contribution in [0.5, 0.6) is 0 Å². The first-order valence-electron chi connectivity index (χ1n) is 3.43. The summed E-state index contributed by atoms with van der Waals surface area (Å²) < 4.78 is 11.3. The molecule has 0 saturated carbocycles. The minimum atomic E-state index is 0.0735. The van der Waals surface area contributed by atoms with Crippen LogP contribution in [0.1, 0.15) is 27.7 Å². The largest absolute Gasteiger partial charge is 0.201 e. The van der Waals surface area contributed by atoms with Gasteiger partial charge >= 0.3 is 0 Å². The van der Waals surface area contributed by atoms with E-state index in [1.54, 1.807) is 0 Å². The second-order valence-corrected chi connectivity index (χ2v) is 3.72. The van der Waals surface area contributed by atoms with E-state index in [1.165, 1.54) is 11.5 Å². The summed E-state index contributed by atoms with van der Waals surface area (Å²) in [5, 5.41) is 1.95. The van der Waals surface area contributed by atoms with Crippen molar-refractivity contribution in [3.05, 3.63) is 17.1 Å². The molecule has 0 saturated heterocycles. The van der Waals surface area contributed by atoms with Gasteiger partial charge in [0.15, 0.2) is 0 Å². The third kappa shape index (κ3) is 1.52. The minimum absolute atomic E-state index is 0.0735. The van der Waals surface area contributed by atoms with E-state index in [4.69, 9.17) is 1.37 Å². The normalized spacial score (nSPS) is 13.4. The summed E-state index contributed by atoms with van der Waals surface area (Å²) in [4.78, 5) is 0. The van der Waals surface area contributed by atoms with Gasteiger partial charge in [0.2, 0.25) is 0 Å². The summed E-state index contributed by atoms with van der Waals surface area (Å²) in [6.07, 6.45) is 0.428. The number of nitrogens with zero attached hydrogens (tertiary/aromatic N) is 1. The highest BCUT2D eigenvalue weighted by Gasteiger charge is 2.13. The number of aromatic nitrogens is 1. The van der Waals surface area contributed by atoms with Crippen LogP contribution in [0, 0.1) is 0 Å². The molecule has 1 heterocycles. The second kappa shape index (κ2) is 2.10. The van der Waals surface area contributed by atoms with Crippen molar-refractivity contribution in [2.75, 3.05) is 0 Å². The Kier molecular flexibility index (Phi) is 1.27. The summed E-state index contributed by atoms with van der Waals surface area (Å²) in [7, 11) is 0. The van der Waals surface area contributed by atoms with Crippen LogP contribution < -0.4 is 0 Å². The van der Waals surface area contributed by atoms with Crippen LogP contribution in [0.2, 0.25) is 0 Å². The highest BCUT2D eigenvalue weighted by molar-refractivity contribution is 7.03. The molecule has 1 rings (SSSR count). The summed E-state index contributed by atoms with van der Waals surface area (Å²) in [6, 6.07) is 0. The Balaban J connectivity index is 3.05. The lowest BCUT2D eigenvalue weighted by atomic mass is 9.90. The van der Waals surface area contributed by atoms with Gasteiger partial charge in [-0.3, -0.25) is 0 Å². The van der Waals surface area contributed by atoms with E-state index in [2.05, 4.69) is 25.1 Å². The average molecular weight is 142 g/mol. The van der Waals surface area contributed by atoms with Crippen molar-refractivity contribution in [1.82, 2.24) is 4.37 Å². The van der Waals surface area contributed by atoms with Crippen molar-refractivity contribution in [1.29, 1.82) is 0 Å². The van der Waals surface area contributed by atoms with E-state index < -0.39 is 0 Å². The predicted octanol–water partition coefficient (Wildman–Crippen LogP) is 2.44. The Hall–Kier alpha value is -0.370. The fourth-order valence-electron chi connectivity index (χ4n) is 0.525. The number of hydrogen-bond acceptors (Lipinski definition) is 2. The van der Waals surface area contributed by atoms with Gasteiger partial charge in [0.05, 0.1) is 1.37 Å². The van der Waals surface area contributed by atoms with Gasteiger partial charge in [-0.25, -0.2) is 4.37 Å². The minimum Gasteiger partial charge on any atom is -0.201 e. The fraction of sp³-hybridized carbons (Fsp3) is 0.571. The van der Waals surface area contributed by atoms with Crippen LogP contribution >= 0.6 is 11.5 Å². The highest BCUT2D eigenvalue weighted by Crippen LogP contribution is 2.21. The summed E-state index contributed by atoms with van der Waals surface area (Å²) >= 11 is 1.36. The topological polar surface area (TPSA) is 12.9 Å². The molecule has 1 aromatic rings. The van der Waals surface area contributed by atoms with Crippen molar-refractivity contribution in [3.8, 4) is 0 Å². The van der Waals surface area contributed by atoms with E-state index in [0.717, 1.165) is 5.56 Å². The maximum Gasteiger partial charge on any atom is 0.0855 e. The standard InChI is InChI=1S/C7H11NS/c1-7(2,3)6-4-8-9-5-6/h4-5H,1-3H3/i4D. The molecule has 0 aliphatic rings. The van der Waals surface area contributed by atoms with Crippen LogP contribution in [0.15, 0.2) is 11.6 Å². The highest BCUT2D eigenvalue weighted by atomic mass is 32.1. The molecule has 9 heavy (non-hydrogen) atoms. The molecule has 0 aliphatic carbocycles. The molecule has 0 unspecified atom stereocenters. The Labute approximate surface area is 61.3 Å². The van der Waals surface area contributed by atoms with Gasteiger partial charge in [-0.15, -0.1) is 0 Å². The Morgan fingerprint density at radius 2 is 2.33 bits per heavy atom. The van der Waals surface area contributed by atoms with Crippen LogP contribution in [-0.2, 0) is 5.41 Å². The van der Waals surface area contributed by atoms with E-state index in [0.29, 0.717) is 6.17 Å². The summed E-state index contributed by atoms with van der Waals surface area (Å²) in [5.74, 6) is 0. The van der Waals surface area contributed by atoms with E-state index in [1.807, 2.05) is 5.38 Å². The van der Waals surface area contributed by atoms with Crippen LogP contribution in [0.25, 0.3) is 0 Å². The molecular formula is C7H11NS. The molecule has 0 N–H and O–H groups in total. The molecule has 0 atom stereocenters. The fourth-order valence-corrected chi connectivity index (χ4v) is 1.24. The third-order valence-electron chi connectivity index (χ3n) is 1.20. The SMILES string of the molecule is [2H]c1nscc1C(C)(C)C. The molecule has 0 aromatic carbocycles. The summed E-state index contributed by atoms with van der Waals surface area (Å²) in [5.41, 5.74) is 1.11.